The van der Waals surface area contributed by atoms with Gasteiger partial charge in [0.25, 0.3) is 0 Å². The molecule has 2 aromatic rings. The summed E-state index contributed by atoms with van der Waals surface area (Å²) in [5.41, 5.74) is 1.89. The number of para-hydroxylation sites is 1. The van der Waals surface area contributed by atoms with E-state index in [1.165, 1.54) is 0 Å². The second kappa shape index (κ2) is 8.90. The normalized spacial score (nSPS) is 19.6. The van der Waals surface area contributed by atoms with E-state index in [2.05, 4.69) is 5.32 Å². The molecule has 2 amide bonds. The second-order valence-electron chi connectivity index (χ2n) is 6.64. The van der Waals surface area contributed by atoms with Crippen molar-refractivity contribution in [2.24, 2.45) is 11.8 Å². The van der Waals surface area contributed by atoms with Gasteiger partial charge in [0.2, 0.25) is 11.8 Å². The van der Waals surface area contributed by atoms with Crippen molar-refractivity contribution < 1.29 is 9.59 Å². The largest absolute Gasteiger partial charge is 0.338 e. The van der Waals surface area contributed by atoms with Gasteiger partial charge in [-0.2, -0.15) is 11.8 Å². The quantitative estimate of drug-likeness (QED) is 0.811. The SMILES string of the molecule is CSC[C@H]1CN(Cc2ccccc2)C(=O)[C@H]1CC(=O)Nc1ccccc1. The van der Waals surface area contributed by atoms with Crippen LogP contribution in [-0.4, -0.2) is 35.3 Å². The molecule has 0 spiro atoms. The third kappa shape index (κ3) is 4.67. The first kappa shape index (κ1) is 18.5. The van der Waals surface area contributed by atoms with E-state index in [0.29, 0.717) is 6.54 Å². The summed E-state index contributed by atoms with van der Waals surface area (Å²) in [5, 5.41) is 2.90. The molecule has 1 fully saturated rings. The highest BCUT2D eigenvalue weighted by Crippen LogP contribution is 2.31. The molecule has 136 valence electrons. The van der Waals surface area contributed by atoms with Crippen LogP contribution in [0.3, 0.4) is 0 Å². The van der Waals surface area contributed by atoms with E-state index in [-0.39, 0.29) is 30.1 Å². The number of rotatable bonds is 7. The Labute approximate surface area is 159 Å². The average Bonchev–Trinajstić information content (AvgIpc) is 2.92. The van der Waals surface area contributed by atoms with Gasteiger partial charge >= 0.3 is 0 Å². The van der Waals surface area contributed by atoms with Crippen LogP contribution in [0, 0.1) is 11.8 Å². The summed E-state index contributed by atoms with van der Waals surface area (Å²) in [6.45, 7) is 1.33. The van der Waals surface area contributed by atoms with Crippen molar-refractivity contribution in [2.45, 2.75) is 13.0 Å². The van der Waals surface area contributed by atoms with Crippen molar-refractivity contribution in [1.82, 2.24) is 4.90 Å². The maximum absolute atomic E-state index is 12.9. The second-order valence-corrected chi connectivity index (χ2v) is 7.56. The molecule has 0 bridgehead atoms. The van der Waals surface area contributed by atoms with Crippen LogP contribution in [-0.2, 0) is 16.1 Å². The number of thioether (sulfide) groups is 1. The monoisotopic (exact) mass is 368 g/mol. The molecule has 1 aliphatic heterocycles. The molecule has 1 saturated heterocycles. The van der Waals surface area contributed by atoms with Gasteiger partial charge in [-0.15, -0.1) is 0 Å². The van der Waals surface area contributed by atoms with E-state index in [1.807, 2.05) is 71.8 Å². The van der Waals surface area contributed by atoms with Gasteiger partial charge in [0.05, 0.1) is 5.92 Å². The Kier molecular flexibility index (Phi) is 6.34. The lowest BCUT2D eigenvalue weighted by Gasteiger charge is -2.16. The lowest BCUT2D eigenvalue weighted by Crippen LogP contribution is -2.29. The molecule has 4 nitrogen and oxygen atoms in total. The van der Waals surface area contributed by atoms with Gasteiger partial charge < -0.3 is 10.2 Å². The molecule has 2 aromatic carbocycles. The average molecular weight is 369 g/mol. The molecule has 1 N–H and O–H groups in total. The number of hydrogen-bond acceptors (Lipinski definition) is 3. The van der Waals surface area contributed by atoms with Gasteiger partial charge in [-0.1, -0.05) is 48.5 Å². The van der Waals surface area contributed by atoms with Crippen molar-refractivity contribution in [3.8, 4) is 0 Å². The van der Waals surface area contributed by atoms with Crippen LogP contribution in [0.25, 0.3) is 0 Å². The fourth-order valence-corrected chi connectivity index (χ4v) is 4.22. The Morgan fingerprint density at radius 1 is 1.12 bits per heavy atom. The van der Waals surface area contributed by atoms with Crippen molar-refractivity contribution in [3.63, 3.8) is 0 Å². The maximum atomic E-state index is 12.9. The Balaban J connectivity index is 1.65. The molecule has 1 aliphatic rings. The van der Waals surface area contributed by atoms with Crippen molar-refractivity contribution in [2.75, 3.05) is 23.9 Å². The van der Waals surface area contributed by atoms with Crippen LogP contribution >= 0.6 is 11.8 Å². The Hall–Kier alpha value is -2.27. The number of hydrogen-bond donors (Lipinski definition) is 1. The van der Waals surface area contributed by atoms with E-state index in [1.54, 1.807) is 11.8 Å². The molecular formula is C21H24N2O2S. The van der Waals surface area contributed by atoms with Gasteiger partial charge in [0.1, 0.15) is 0 Å². The lowest BCUT2D eigenvalue weighted by molar-refractivity contribution is -0.133. The van der Waals surface area contributed by atoms with E-state index >= 15 is 0 Å². The van der Waals surface area contributed by atoms with Crippen LogP contribution in [0.5, 0.6) is 0 Å². The van der Waals surface area contributed by atoms with E-state index in [9.17, 15) is 9.59 Å². The minimum Gasteiger partial charge on any atom is -0.338 e. The predicted octanol–water partition coefficient (Wildman–Crippen LogP) is 3.65. The van der Waals surface area contributed by atoms with E-state index in [0.717, 1.165) is 23.5 Å². The van der Waals surface area contributed by atoms with Crippen molar-refractivity contribution >= 4 is 29.3 Å². The molecule has 2 atom stereocenters. The zero-order valence-corrected chi connectivity index (χ0v) is 15.7. The highest BCUT2D eigenvalue weighted by Gasteiger charge is 2.40. The molecular weight excluding hydrogens is 344 g/mol. The van der Waals surface area contributed by atoms with Crippen LogP contribution in [0.4, 0.5) is 5.69 Å². The number of carbonyl (C=O) groups excluding carboxylic acids is 2. The minimum atomic E-state index is -0.241. The first-order chi connectivity index (χ1) is 12.7. The van der Waals surface area contributed by atoms with Crippen LogP contribution in [0.15, 0.2) is 60.7 Å². The van der Waals surface area contributed by atoms with Gasteiger partial charge in [-0.25, -0.2) is 0 Å². The van der Waals surface area contributed by atoms with E-state index in [4.69, 9.17) is 0 Å². The third-order valence-corrected chi connectivity index (χ3v) is 5.47. The molecule has 0 unspecified atom stereocenters. The third-order valence-electron chi connectivity index (χ3n) is 4.71. The van der Waals surface area contributed by atoms with Gasteiger partial charge in [0.15, 0.2) is 0 Å². The number of amides is 2. The summed E-state index contributed by atoms with van der Waals surface area (Å²) in [4.78, 5) is 27.3. The lowest BCUT2D eigenvalue weighted by atomic mass is 9.93. The number of likely N-dealkylation sites (tertiary alicyclic amines) is 1. The smallest absolute Gasteiger partial charge is 0.226 e. The number of benzene rings is 2. The summed E-state index contributed by atoms with van der Waals surface area (Å²) in [6, 6.07) is 19.4. The Morgan fingerprint density at radius 3 is 2.42 bits per heavy atom. The highest BCUT2D eigenvalue weighted by molar-refractivity contribution is 7.98. The first-order valence-electron chi connectivity index (χ1n) is 8.84. The Bertz CT molecular complexity index is 736. The van der Waals surface area contributed by atoms with Gasteiger partial charge in [0, 0.05) is 25.2 Å². The molecule has 0 saturated carbocycles. The summed E-state index contributed by atoms with van der Waals surface area (Å²) in [7, 11) is 0. The standard InChI is InChI=1S/C21H24N2O2S/c1-26-15-17-14-23(13-16-8-4-2-5-9-16)21(25)19(17)12-20(24)22-18-10-6-3-7-11-18/h2-11,17,19H,12-15H2,1H3,(H,22,24)/t17-,19+/m1/s1. The topological polar surface area (TPSA) is 49.4 Å². The fourth-order valence-electron chi connectivity index (χ4n) is 3.45. The number of anilines is 1. The Morgan fingerprint density at radius 2 is 1.77 bits per heavy atom. The maximum Gasteiger partial charge on any atom is 0.226 e. The summed E-state index contributed by atoms with van der Waals surface area (Å²) < 4.78 is 0. The minimum absolute atomic E-state index is 0.0936. The molecule has 0 aromatic heterocycles. The van der Waals surface area contributed by atoms with Crippen LogP contribution in [0.1, 0.15) is 12.0 Å². The van der Waals surface area contributed by atoms with Gasteiger partial charge in [-0.3, -0.25) is 9.59 Å². The van der Waals surface area contributed by atoms with Crippen LogP contribution in [0.2, 0.25) is 0 Å². The van der Waals surface area contributed by atoms with Crippen molar-refractivity contribution in [3.05, 3.63) is 66.2 Å². The molecule has 26 heavy (non-hydrogen) atoms. The molecule has 5 heteroatoms. The highest BCUT2D eigenvalue weighted by atomic mass is 32.2. The zero-order valence-electron chi connectivity index (χ0n) is 14.9. The molecule has 0 radical (unpaired) electrons. The number of nitrogens with one attached hydrogen (secondary N) is 1. The summed E-state index contributed by atoms with van der Waals surface area (Å²) in [5.74, 6) is 0.858. The van der Waals surface area contributed by atoms with Crippen LogP contribution < -0.4 is 5.32 Å². The molecule has 0 aliphatic carbocycles. The fraction of sp³-hybridized carbons (Fsp3) is 0.333. The zero-order chi connectivity index (χ0) is 18.4. The summed E-state index contributed by atoms with van der Waals surface area (Å²) >= 11 is 1.73. The molecule has 1 heterocycles. The van der Waals surface area contributed by atoms with E-state index < -0.39 is 0 Å². The predicted molar refractivity (Wildman–Crippen MR) is 107 cm³/mol. The summed E-state index contributed by atoms with van der Waals surface area (Å²) in [6.07, 6.45) is 2.29. The number of carbonyl (C=O) groups is 2. The van der Waals surface area contributed by atoms with Gasteiger partial charge in [-0.05, 0) is 35.6 Å². The first-order valence-corrected chi connectivity index (χ1v) is 10.2. The van der Waals surface area contributed by atoms with Crippen molar-refractivity contribution in [1.29, 1.82) is 0 Å². The molecule has 3 rings (SSSR count). The number of nitrogens with zero attached hydrogens (tertiary/aromatic N) is 1.